The van der Waals surface area contributed by atoms with Gasteiger partial charge in [-0.15, -0.1) is 11.8 Å². The lowest BCUT2D eigenvalue weighted by Crippen LogP contribution is -2.45. The van der Waals surface area contributed by atoms with Crippen LogP contribution in [0, 0.1) is 19.8 Å². The molecule has 1 amide bonds. The molecule has 1 fully saturated rings. The molecule has 1 aromatic carbocycles. The van der Waals surface area contributed by atoms with Gasteiger partial charge in [-0.1, -0.05) is 22.9 Å². The molecule has 21 heavy (non-hydrogen) atoms. The van der Waals surface area contributed by atoms with Crippen LogP contribution in [0.25, 0.3) is 0 Å². The van der Waals surface area contributed by atoms with Crippen LogP contribution in [-0.4, -0.2) is 40.9 Å². The highest BCUT2D eigenvalue weighted by Gasteiger charge is 2.27. The zero-order valence-corrected chi connectivity index (χ0v) is 15.1. The number of piperidine rings is 1. The molecule has 0 aliphatic carbocycles. The summed E-state index contributed by atoms with van der Waals surface area (Å²) in [7, 11) is 0. The molecule has 1 saturated heterocycles. The van der Waals surface area contributed by atoms with E-state index < -0.39 is 0 Å². The summed E-state index contributed by atoms with van der Waals surface area (Å²) < 4.78 is 1.11. The van der Waals surface area contributed by atoms with E-state index in [1.54, 1.807) is 11.8 Å². The number of hydrogen-bond donors (Lipinski definition) is 1. The maximum Gasteiger partial charge on any atom is 0.232 e. The number of thioether (sulfide) groups is 1. The topological polar surface area (TPSA) is 40.5 Å². The van der Waals surface area contributed by atoms with E-state index in [0.29, 0.717) is 25.3 Å². The highest BCUT2D eigenvalue weighted by molar-refractivity contribution is 9.10. The summed E-state index contributed by atoms with van der Waals surface area (Å²) in [6.45, 7) is 7.46. The van der Waals surface area contributed by atoms with E-state index in [1.165, 1.54) is 11.1 Å². The van der Waals surface area contributed by atoms with Gasteiger partial charge in [-0.3, -0.25) is 4.79 Å². The molecule has 0 spiro atoms. The Morgan fingerprint density at radius 3 is 2.81 bits per heavy atom. The molecule has 3 nitrogen and oxygen atoms in total. The van der Waals surface area contributed by atoms with Gasteiger partial charge in [-0.05, 0) is 49.4 Å². The fraction of sp³-hybridized carbons (Fsp3) is 0.562. The molecular formula is C16H22BrNO2S. The van der Waals surface area contributed by atoms with E-state index in [4.69, 9.17) is 0 Å². The van der Waals surface area contributed by atoms with Gasteiger partial charge >= 0.3 is 0 Å². The number of likely N-dealkylation sites (tertiary alicyclic amines) is 1. The summed E-state index contributed by atoms with van der Waals surface area (Å²) in [5.74, 6) is 0.799. The number of aliphatic hydroxyl groups excluding tert-OH is 1. The van der Waals surface area contributed by atoms with Crippen LogP contribution in [-0.2, 0) is 4.79 Å². The Balaban J connectivity index is 1.94. The van der Waals surface area contributed by atoms with Crippen molar-refractivity contribution >= 4 is 33.6 Å². The third kappa shape index (κ3) is 4.24. The lowest BCUT2D eigenvalue weighted by molar-refractivity contribution is -0.131. The Bertz CT molecular complexity index is 535. The van der Waals surface area contributed by atoms with E-state index in [2.05, 4.69) is 41.9 Å². The minimum absolute atomic E-state index is 0.165. The van der Waals surface area contributed by atoms with Crippen molar-refractivity contribution in [2.24, 2.45) is 5.92 Å². The van der Waals surface area contributed by atoms with E-state index >= 15 is 0 Å². The number of carbonyl (C=O) groups excluding carboxylic acids is 1. The predicted octanol–water partition coefficient (Wildman–Crippen LogP) is 3.39. The van der Waals surface area contributed by atoms with E-state index in [-0.39, 0.29) is 17.9 Å². The summed E-state index contributed by atoms with van der Waals surface area (Å²) in [4.78, 5) is 15.3. The first-order chi connectivity index (χ1) is 9.88. The summed E-state index contributed by atoms with van der Waals surface area (Å²) in [5.41, 5.74) is 2.37. The Labute approximate surface area is 139 Å². The molecule has 2 atom stereocenters. The smallest absolute Gasteiger partial charge is 0.232 e. The van der Waals surface area contributed by atoms with Gasteiger partial charge in [0, 0.05) is 22.5 Å². The monoisotopic (exact) mass is 371 g/mol. The Morgan fingerprint density at radius 1 is 1.43 bits per heavy atom. The van der Waals surface area contributed by atoms with Crippen molar-refractivity contribution in [2.75, 3.05) is 18.8 Å². The molecule has 1 aromatic rings. The average molecular weight is 372 g/mol. The fourth-order valence-corrected chi connectivity index (χ4v) is 3.97. The van der Waals surface area contributed by atoms with Crippen LogP contribution in [0.3, 0.4) is 0 Å². The van der Waals surface area contributed by atoms with Crippen LogP contribution < -0.4 is 0 Å². The van der Waals surface area contributed by atoms with Crippen LogP contribution in [0.2, 0.25) is 0 Å². The number of aryl methyl sites for hydroxylation is 2. The second-order valence-corrected chi connectivity index (χ2v) is 7.70. The third-order valence-corrected chi connectivity index (χ3v) is 6.02. The van der Waals surface area contributed by atoms with Gasteiger partial charge in [0.15, 0.2) is 0 Å². The maximum absolute atomic E-state index is 12.3. The molecule has 0 aromatic heterocycles. The van der Waals surface area contributed by atoms with Gasteiger partial charge in [0.05, 0.1) is 11.9 Å². The number of hydrogen-bond acceptors (Lipinski definition) is 3. The summed E-state index contributed by atoms with van der Waals surface area (Å²) >= 11 is 5.13. The van der Waals surface area contributed by atoms with Crippen molar-refractivity contribution in [1.82, 2.24) is 4.90 Å². The molecule has 116 valence electrons. The third-order valence-electron chi connectivity index (χ3n) is 4.02. The fourth-order valence-electron chi connectivity index (χ4n) is 2.50. The Morgan fingerprint density at radius 2 is 2.14 bits per heavy atom. The van der Waals surface area contributed by atoms with Crippen LogP contribution in [0.5, 0.6) is 0 Å². The summed E-state index contributed by atoms with van der Waals surface area (Å²) in [6, 6.07) is 4.22. The number of benzene rings is 1. The molecule has 2 rings (SSSR count). The number of rotatable bonds is 3. The van der Waals surface area contributed by atoms with Gasteiger partial charge in [0.1, 0.15) is 0 Å². The molecular weight excluding hydrogens is 350 g/mol. The highest BCUT2D eigenvalue weighted by Crippen LogP contribution is 2.29. The second kappa shape index (κ2) is 7.16. The van der Waals surface area contributed by atoms with Crippen LogP contribution in [0.15, 0.2) is 21.5 Å². The molecule has 1 heterocycles. The number of halogens is 1. The standard InChI is InChI=1S/C16H22BrNO2S/c1-10-7-15(11(2)6-13(10)17)21-9-16(20)18-5-4-14(19)12(3)8-18/h6-7,12,14,19H,4-5,8-9H2,1-3H3. The van der Waals surface area contributed by atoms with Crippen molar-refractivity contribution in [2.45, 2.75) is 38.2 Å². The van der Waals surface area contributed by atoms with E-state index in [0.717, 1.165) is 9.37 Å². The average Bonchev–Trinajstić information content (AvgIpc) is 2.44. The van der Waals surface area contributed by atoms with Gasteiger partial charge in [-0.2, -0.15) is 0 Å². The molecule has 1 aliphatic heterocycles. The van der Waals surface area contributed by atoms with E-state index in [9.17, 15) is 9.90 Å². The number of amides is 1. The van der Waals surface area contributed by atoms with Crippen molar-refractivity contribution < 1.29 is 9.90 Å². The van der Waals surface area contributed by atoms with Crippen molar-refractivity contribution in [3.63, 3.8) is 0 Å². The normalized spacial score (nSPS) is 22.4. The van der Waals surface area contributed by atoms with Gasteiger partial charge in [-0.25, -0.2) is 0 Å². The first-order valence-electron chi connectivity index (χ1n) is 7.24. The van der Waals surface area contributed by atoms with Gasteiger partial charge < -0.3 is 10.0 Å². The van der Waals surface area contributed by atoms with E-state index in [1.807, 2.05) is 11.8 Å². The number of aliphatic hydroxyl groups is 1. The van der Waals surface area contributed by atoms with Crippen LogP contribution >= 0.6 is 27.7 Å². The number of carbonyl (C=O) groups is 1. The molecule has 0 radical (unpaired) electrons. The Kier molecular flexibility index (Phi) is 5.74. The second-order valence-electron chi connectivity index (χ2n) is 5.83. The minimum atomic E-state index is -0.266. The van der Waals surface area contributed by atoms with Gasteiger partial charge in [0.25, 0.3) is 0 Å². The molecule has 1 aliphatic rings. The van der Waals surface area contributed by atoms with Crippen LogP contribution in [0.1, 0.15) is 24.5 Å². The highest BCUT2D eigenvalue weighted by atomic mass is 79.9. The quantitative estimate of drug-likeness (QED) is 0.827. The van der Waals surface area contributed by atoms with Crippen molar-refractivity contribution in [3.8, 4) is 0 Å². The lowest BCUT2D eigenvalue weighted by Gasteiger charge is -2.34. The molecule has 2 unspecified atom stereocenters. The zero-order chi connectivity index (χ0) is 15.6. The Hall–Kier alpha value is -0.520. The SMILES string of the molecule is Cc1cc(SCC(=O)N2CCC(O)C(C)C2)c(C)cc1Br. The predicted molar refractivity (Wildman–Crippen MR) is 90.7 cm³/mol. The van der Waals surface area contributed by atoms with Crippen molar-refractivity contribution in [3.05, 3.63) is 27.7 Å². The number of nitrogens with zero attached hydrogens (tertiary/aromatic N) is 1. The zero-order valence-electron chi connectivity index (χ0n) is 12.7. The molecule has 0 bridgehead atoms. The molecule has 5 heteroatoms. The van der Waals surface area contributed by atoms with Crippen LogP contribution in [0.4, 0.5) is 0 Å². The molecule has 0 saturated carbocycles. The first kappa shape index (κ1) is 16.8. The minimum Gasteiger partial charge on any atom is -0.393 e. The largest absolute Gasteiger partial charge is 0.393 e. The van der Waals surface area contributed by atoms with Gasteiger partial charge in [0.2, 0.25) is 5.91 Å². The lowest BCUT2D eigenvalue weighted by atomic mass is 9.97. The summed E-state index contributed by atoms with van der Waals surface area (Å²) in [5, 5.41) is 9.73. The summed E-state index contributed by atoms with van der Waals surface area (Å²) in [6.07, 6.45) is 0.423. The maximum atomic E-state index is 12.3. The molecule has 1 N–H and O–H groups in total. The first-order valence-corrected chi connectivity index (χ1v) is 9.01. The van der Waals surface area contributed by atoms with Crippen molar-refractivity contribution in [1.29, 1.82) is 0 Å².